The van der Waals surface area contributed by atoms with Gasteiger partial charge in [-0.1, -0.05) is 36.0 Å². The Hall–Kier alpha value is -3.96. The van der Waals surface area contributed by atoms with Crippen molar-refractivity contribution >= 4 is 34.3 Å². The summed E-state index contributed by atoms with van der Waals surface area (Å²) in [4.78, 5) is 30.7. The van der Waals surface area contributed by atoms with Gasteiger partial charge in [-0.3, -0.25) is 14.2 Å². The Morgan fingerprint density at radius 1 is 1.15 bits per heavy atom. The molecule has 164 valence electrons. The van der Waals surface area contributed by atoms with E-state index in [9.17, 15) is 14.0 Å². The van der Waals surface area contributed by atoms with Crippen LogP contribution < -0.4 is 10.9 Å². The van der Waals surface area contributed by atoms with Gasteiger partial charge in [-0.15, -0.1) is 0 Å². The fraction of sp³-hybridized carbons (Fsp3) is 0.120. The SMILES string of the molecule is Cc1ccc(-n2c(SC(C)C(=O)Nc3cccc(C#N)c3)nc3ccccc3c2=O)cc1F. The van der Waals surface area contributed by atoms with Gasteiger partial charge in [-0.2, -0.15) is 5.26 Å². The Labute approximate surface area is 193 Å². The van der Waals surface area contributed by atoms with Crippen LogP contribution in [0.2, 0.25) is 0 Å². The number of carbonyl (C=O) groups is 1. The maximum Gasteiger partial charge on any atom is 0.266 e. The van der Waals surface area contributed by atoms with E-state index in [-0.39, 0.29) is 16.6 Å². The van der Waals surface area contributed by atoms with E-state index in [1.807, 2.05) is 6.07 Å². The van der Waals surface area contributed by atoms with Gasteiger partial charge < -0.3 is 5.32 Å². The first-order valence-electron chi connectivity index (χ1n) is 10.1. The van der Waals surface area contributed by atoms with Crippen molar-refractivity contribution in [3.05, 3.63) is 94.0 Å². The molecule has 0 aliphatic carbocycles. The minimum absolute atomic E-state index is 0.273. The minimum atomic E-state index is -0.634. The molecule has 6 nitrogen and oxygen atoms in total. The van der Waals surface area contributed by atoms with Crippen molar-refractivity contribution in [1.82, 2.24) is 9.55 Å². The molecule has 0 spiro atoms. The number of thioether (sulfide) groups is 1. The van der Waals surface area contributed by atoms with Crippen molar-refractivity contribution in [3.8, 4) is 11.8 Å². The van der Waals surface area contributed by atoms with E-state index >= 15 is 0 Å². The van der Waals surface area contributed by atoms with Crippen molar-refractivity contribution in [3.63, 3.8) is 0 Å². The number of aromatic nitrogens is 2. The Morgan fingerprint density at radius 2 is 1.94 bits per heavy atom. The van der Waals surface area contributed by atoms with E-state index in [1.165, 1.54) is 10.6 Å². The molecule has 0 fully saturated rings. The summed E-state index contributed by atoms with van der Waals surface area (Å²) in [6, 6.07) is 20.1. The normalized spacial score (nSPS) is 11.7. The molecule has 1 N–H and O–H groups in total. The summed E-state index contributed by atoms with van der Waals surface area (Å²) in [7, 11) is 0. The second-order valence-electron chi connectivity index (χ2n) is 7.43. The molecule has 0 saturated heterocycles. The summed E-state index contributed by atoms with van der Waals surface area (Å²) < 4.78 is 15.6. The fourth-order valence-corrected chi connectivity index (χ4v) is 4.19. The zero-order chi connectivity index (χ0) is 23.5. The molecule has 3 aromatic carbocycles. The number of rotatable bonds is 5. The lowest BCUT2D eigenvalue weighted by Crippen LogP contribution is -2.26. The molecule has 1 atom stereocenters. The second kappa shape index (κ2) is 9.27. The smallest absolute Gasteiger partial charge is 0.266 e. The van der Waals surface area contributed by atoms with Crippen LogP contribution in [0.1, 0.15) is 18.1 Å². The van der Waals surface area contributed by atoms with Gasteiger partial charge in [0, 0.05) is 5.69 Å². The highest BCUT2D eigenvalue weighted by Crippen LogP contribution is 2.26. The summed E-state index contributed by atoms with van der Waals surface area (Å²) >= 11 is 1.09. The number of nitriles is 1. The number of para-hydroxylation sites is 1. The van der Waals surface area contributed by atoms with E-state index in [0.717, 1.165) is 11.8 Å². The molecule has 4 rings (SSSR count). The van der Waals surface area contributed by atoms with Gasteiger partial charge in [0.25, 0.3) is 5.56 Å². The topological polar surface area (TPSA) is 87.8 Å². The number of nitrogens with zero attached hydrogens (tertiary/aromatic N) is 3. The third-order valence-electron chi connectivity index (χ3n) is 5.07. The first-order valence-corrected chi connectivity index (χ1v) is 11.0. The van der Waals surface area contributed by atoms with E-state index in [1.54, 1.807) is 74.5 Å². The zero-order valence-corrected chi connectivity index (χ0v) is 18.7. The highest BCUT2D eigenvalue weighted by molar-refractivity contribution is 8.00. The number of nitrogens with one attached hydrogen (secondary N) is 1. The van der Waals surface area contributed by atoms with Crippen LogP contribution in [0.15, 0.2) is 76.7 Å². The molecule has 1 heterocycles. The predicted molar refractivity (Wildman–Crippen MR) is 127 cm³/mol. The monoisotopic (exact) mass is 458 g/mol. The minimum Gasteiger partial charge on any atom is -0.325 e. The summed E-state index contributed by atoms with van der Waals surface area (Å²) in [5.41, 5.74) is 1.86. The third kappa shape index (κ3) is 4.64. The van der Waals surface area contributed by atoms with Crippen molar-refractivity contribution in [2.45, 2.75) is 24.3 Å². The summed E-state index contributed by atoms with van der Waals surface area (Å²) in [6.07, 6.45) is 0. The van der Waals surface area contributed by atoms with Crippen LogP contribution in [0.3, 0.4) is 0 Å². The molecule has 8 heteroatoms. The van der Waals surface area contributed by atoms with Gasteiger partial charge in [0.15, 0.2) is 5.16 Å². The standard InChI is InChI=1S/C25H19FN4O2S/c1-15-10-11-19(13-21(15)26)30-24(32)20-8-3-4-9-22(20)29-25(30)33-16(2)23(31)28-18-7-5-6-17(12-18)14-27/h3-13,16H,1-2H3,(H,28,31). The van der Waals surface area contributed by atoms with E-state index in [4.69, 9.17) is 5.26 Å². The van der Waals surface area contributed by atoms with E-state index in [2.05, 4.69) is 10.3 Å². The number of carbonyl (C=O) groups excluding carboxylic acids is 1. The summed E-state index contributed by atoms with van der Waals surface area (Å²) in [6.45, 7) is 3.33. The predicted octanol–water partition coefficient (Wildman–Crippen LogP) is 4.82. The van der Waals surface area contributed by atoms with E-state index in [0.29, 0.717) is 33.4 Å². The van der Waals surface area contributed by atoms with Crippen LogP contribution in [-0.2, 0) is 4.79 Å². The highest BCUT2D eigenvalue weighted by Gasteiger charge is 2.21. The number of halogens is 1. The number of hydrogen-bond acceptors (Lipinski definition) is 5. The van der Waals surface area contributed by atoms with Crippen LogP contribution in [0.5, 0.6) is 0 Å². The Kier molecular flexibility index (Phi) is 6.24. The van der Waals surface area contributed by atoms with Gasteiger partial charge in [0.05, 0.1) is 33.5 Å². The first kappa shape index (κ1) is 22.2. The molecule has 0 aliphatic rings. The lowest BCUT2D eigenvalue weighted by molar-refractivity contribution is -0.115. The highest BCUT2D eigenvalue weighted by atomic mass is 32.2. The molecule has 4 aromatic rings. The molecule has 0 radical (unpaired) electrons. The van der Waals surface area contributed by atoms with Crippen molar-refractivity contribution in [2.75, 3.05) is 5.32 Å². The summed E-state index contributed by atoms with van der Waals surface area (Å²) in [5.74, 6) is -0.759. The number of hydrogen-bond donors (Lipinski definition) is 1. The van der Waals surface area contributed by atoms with Crippen molar-refractivity contribution in [2.24, 2.45) is 0 Å². The molecule has 0 bridgehead atoms. The number of amides is 1. The molecular formula is C25H19FN4O2S. The number of benzene rings is 3. The Morgan fingerprint density at radius 3 is 2.70 bits per heavy atom. The molecular weight excluding hydrogens is 439 g/mol. The molecule has 0 aliphatic heterocycles. The molecule has 1 amide bonds. The van der Waals surface area contributed by atoms with Gasteiger partial charge >= 0.3 is 0 Å². The fourth-order valence-electron chi connectivity index (χ4n) is 3.26. The average molecular weight is 459 g/mol. The second-order valence-corrected chi connectivity index (χ2v) is 8.74. The van der Waals surface area contributed by atoms with Crippen LogP contribution >= 0.6 is 11.8 Å². The average Bonchev–Trinajstić information content (AvgIpc) is 2.81. The van der Waals surface area contributed by atoms with Gasteiger partial charge in [0.1, 0.15) is 5.82 Å². The largest absolute Gasteiger partial charge is 0.325 e. The first-order chi connectivity index (χ1) is 15.9. The number of fused-ring (bicyclic) bond motifs is 1. The van der Waals surface area contributed by atoms with Gasteiger partial charge in [0.2, 0.25) is 5.91 Å². The van der Waals surface area contributed by atoms with Crippen LogP contribution in [0, 0.1) is 24.1 Å². The zero-order valence-electron chi connectivity index (χ0n) is 17.9. The lowest BCUT2D eigenvalue weighted by Gasteiger charge is -2.17. The number of aryl methyl sites for hydroxylation is 1. The molecule has 0 saturated carbocycles. The lowest BCUT2D eigenvalue weighted by atomic mass is 10.2. The van der Waals surface area contributed by atoms with Crippen LogP contribution in [0.25, 0.3) is 16.6 Å². The van der Waals surface area contributed by atoms with Gasteiger partial charge in [-0.05, 0) is 61.9 Å². The Bertz CT molecular complexity index is 1480. The summed E-state index contributed by atoms with van der Waals surface area (Å²) in [5, 5.41) is 11.9. The molecule has 33 heavy (non-hydrogen) atoms. The quantitative estimate of drug-likeness (QED) is 0.342. The maximum atomic E-state index is 14.3. The van der Waals surface area contributed by atoms with E-state index < -0.39 is 11.1 Å². The van der Waals surface area contributed by atoms with Crippen LogP contribution in [0.4, 0.5) is 10.1 Å². The molecule has 1 unspecified atom stereocenters. The van der Waals surface area contributed by atoms with Crippen molar-refractivity contribution in [1.29, 1.82) is 5.26 Å². The Balaban J connectivity index is 1.73. The maximum absolute atomic E-state index is 14.3. The van der Waals surface area contributed by atoms with Crippen molar-refractivity contribution < 1.29 is 9.18 Å². The van der Waals surface area contributed by atoms with Crippen LogP contribution in [-0.4, -0.2) is 20.7 Å². The van der Waals surface area contributed by atoms with Gasteiger partial charge in [-0.25, -0.2) is 9.37 Å². The number of anilines is 1. The molecule has 1 aromatic heterocycles. The third-order valence-corrected chi connectivity index (χ3v) is 6.12.